The number of benzene rings is 2. The van der Waals surface area contributed by atoms with Gasteiger partial charge in [-0.3, -0.25) is 14.5 Å². The molecule has 0 atom stereocenters. The Morgan fingerprint density at radius 3 is 2.36 bits per heavy atom. The van der Waals surface area contributed by atoms with E-state index in [2.05, 4.69) is 20.4 Å². The highest BCUT2D eigenvalue weighted by molar-refractivity contribution is 7.99. The van der Waals surface area contributed by atoms with Crippen molar-refractivity contribution in [1.29, 1.82) is 0 Å². The van der Waals surface area contributed by atoms with Crippen molar-refractivity contribution in [2.24, 2.45) is 0 Å². The van der Waals surface area contributed by atoms with Crippen molar-refractivity contribution in [3.05, 3.63) is 59.7 Å². The topological polar surface area (TPSA) is 91.6 Å². The number of hydrogen-bond acceptors (Lipinski definition) is 7. The molecule has 0 bridgehead atoms. The molecule has 1 fully saturated rings. The first-order valence-electron chi connectivity index (χ1n) is 10.9. The molecule has 2 heterocycles. The second-order valence-electron chi connectivity index (χ2n) is 8.00. The zero-order valence-corrected chi connectivity index (χ0v) is 19.6. The van der Waals surface area contributed by atoms with Gasteiger partial charge in [-0.1, -0.05) is 48.2 Å². The van der Waals surface area contributed by atoms with Gasteiger partial charge in [0.05, 0.1) is 12.3 Å². The van der Waals surface area contributed by atoms with Gasteiger partial charge in [0, 0.05) is 37.4 Å². The number of para-hydroxylation sites is 1. The Labute approximate surface area is 197 Å². The second-order valence-corrected chi connectivity index (χ2v) is 8.93. The molecule has 0 unspecified atom stereocenters. The van der Waals surface area contributed by atoms with Crippen molar-refractivity contribution in [2.45, 2.75) is 19.1 Å². The normalized spacial score (nSPS) is 14.3. The lowest BCUT2D eigenvalue weighted by Gasteiger charge is -2.34. The summed E-state index contributed by atoms with van der Waals surface area (Å²) >= 11 is 1.24. The van der Waals surface area contributed by atoms with Crippen LogP contribution in [0.1, 0.15) is 11.1 Å². The Kier molecular flexibility index (Phi) is 7.41. The number of rotatable bonds is 7. The fourth-order valence-corrected chi connectivity index (χ4v) is 4.40. The summed E-state index contributed by atoms with van der Waals surface area (Å²) in [5.41, 5.74) is 3.83. The SMILES string of the molecule is Cc1cccc(C)c1NC(=O)CN1CCN(C(=O)CSc2nnc(-c3ccccc3)o2)CC1. The summed E-state index contributed by atoms with van der Waals surface area (Å²) in [5, 5.41) is 11.5. The zero-order chi connectivity index (χ0) is 23.2. The van der Waals surface area contributed by atoms with E-state index < -0.39 is 0 Å². The molecular formula is C24H27N5O3S. The van der Waals surface area contributed by atoms with E-state index in [4.69, 9.17) is 4.42 Å². The smallest absolute Gasteiger partial charge is 0.277 e. The van der Waals surface area contributed by atoms with Crippen LogP contribution < -0.4 is 5.32 Å². The van der Waals surface area contributed by atoms with E-state index in [0.29, 0.717) is 43.8 Å². The minimum absolute atomic E-state index is 0.0269. The van der Waals surface area contributed by atoms with Crippen LogP contribution in [0.5, 0.6) is 0 Å². The third-order valence-electron chi connectivity index (χ3n) is 5.58. The Hall–Kier alpha value is -3.17. The van der Waals surface area contributed by atoms with Gasteiger partial charge >= 0.3 is 0 Å². The van der Waals surface area contributed by atoms with Gasteiger partial charge in [-0.05, 0) is 37.1 Å². The van der Waals surface area contributed by atoms with E-state index in [1.165, 1.54) is 11.8 Å². The molecule has 1 N–H and O–H groups in total. The van der Waals surface area contributed by atoms with Crippen LogP contribution in [0.25, 0.3) is 11.5 Å². The summed E-state index contributed by atoms with van der Waals surface area (Å²) in [7, 11) is 0. The number of hydrogen-bond donors (Lipinski definition) is 1. The second kappa shape index (κ2) is 10.6. The molecule has 2 amide bonds. The van der Waals surface area contributed by atoms with Crippen LogP contribution in [0.15, 0.2) is 58.2 Å². The molecule has 3 aromatic rings. The minimum atomic E-state index is -0.0339. The highest BCUT2D eigenvalue weighted by Gasteiger charge is 2.23. The molecule has 0 spiro atoms. The fraction of sp³-hybridized carbons (Fsp3) is 0.333. The highest BCUT2D eigenvalue weighted by Crippen LogP contribution is 2.23. The van der Waals surface area contributed by atoms with Gasteiger partial charge in [0.2, 0.25) is 17.7 Å². The highest BCUT2D eigenvalue weighted by atomic mass is 32.2. The third kappa shape index (κ3) is 6.00. The molecule has 0 aliphatic carbocycles. The van der Waals surface area contributed by atoms with E-state index in [1.807, 2.05) is 67.3 Å². The number of nitrogens with one attached hydrogen (secondary N) is 1. The van der Waals surface area contributed by atoms with Crippen molar-refractivity contribution in [2.75, 3.05) is 43.8 Å². The van der Waals surface area contributed by atoms with Gasteiger partial charge in [0.25, 0.3) is 5.22 Å². The number of amides is 2. The van der Waals surface area contributed by atoms with Crippen molar-refractivity contribution in [3.63, 3.8) is 0 Å². The Morgan fingerprint density at radius 1 is 0.970 bits per heavy atom. The number of anilines is 1. The number of carbonyl (C=O) groups excluding carboxylic acids is 2. The Bertz CT molecular complexity index is 1090. The summed E-state index contributed by atoms with van der Waals surface area (Å²) in [5.74, 6) is 0.675. The van der Waals surface area contributed by atoms with E-state index >= 15 is 0 Å². The van der Waals surface area contributed by atoms with Crippen LogP contribution in [-0.2, 0) is 9.59 Å². The van der Waals surface area contributed by atoms with Gasteiger partial charge in [0.15, 0.2) is 0 Å². The summed E-state index contributed by atoms with van der Waals surface area (Å²) < 4.78 is 5.65. The zero-order valence-electron chi connectivity index (χ0n) is 18.8. The lowest BCUT2D eigenvalue weighted by atomic mass is 10.1. The maximum Gasteiger partial charge on any atom is 0.277 e. The van der Waals surface area contributed by atoms with Crippen LogP contribution in [0.4, 0.5) is 5.69 Å². The number of piperazine rings is 1. The van der Waals surface area contributed by atoms with Gasteiger partial charge in [-0.2, -0.15) is 0 Å². The largest absolute Gasteiger partial charge is 0.411 e. The lowest BCUT2D eigenvalue weighted by Crippen LogP contribution is -2.50. The first-order valence-corrected chi connectivity index (χ1v) is 11.9. The van der Waals surface area contributed by atoms with Crippen molar-refractivity contribution < 1.29 is 14.0 Å². The molecule has 1 saturated heterocycles. The van der Waals surface area contributed by atoms with Crippen LogP contribution in [0, 0.1) is 13.8 Å². The maximum absolute atomic E-state index is 12.6. The third-order valence-corrected chi connectivity index (χ3v) is 6.39. The standard InChI is InChI=1S/C24H27N5O3S/c1-17-7-6-8-18(2)22(17)25-20(30)15-28-11-13-29(14-12-28)21(31)16-33-24-27-26-23(32-24)19-9-4-3-5-10-19/h3-10H,11-16H2,1-2H3,(H,25,30). The Morgan fingerprint density at radius 2 is 1.67 bits per heavy atom. The van der Waals surface area contributed by atoms with Crippen molar-refractivity contribution in [1.82, 2.24) is 20.0 Å². The minimum Gasteiger partial charge on any atom is -0.411 e. The number of thioether (sulfide) groups is 1. The molecule has 1 aromatic heterocycles. The fourth-order valence-electron chi connectivity index (χ4n) is 3.73. The summed E-state index contributed by atoms with van der Waals surface area (Å²) in [6.07, 6.45) is 0. The molecule has 0 saturated carbocycles. The molecule has 2 aromatic carbocycles. The number of aryl methyl sites for hydroxylation is 2. The molecule has 4 rings (SSSR count). The number of carbonyl (C=O) groups is 2. The molecule has 172 valence electrons. The van der Waals surface area contributed by atoms with Gasteiger partial charge in [0.1, 0.15) is 0 Å². The molecule has 33 heavy (non-hydrogen) atoms. The summed E-state index contributed by atoms with van der Waals surface area (Å²) in [6.45, 7) is 6.80. The molecule has 1 aliphatic heterocycles. The number of aromatic nitrogens is 2. The first-order chi connectivity index (χ1) is 16.0. The first kappa shape index (κ1) is 23.0. The summed E-state index contributed by atoms with van der Waals surface area (Å²) in [6, 6.07) is 15.5. The maximum atomic E-state index is 12.6. The quantitative estimate of drug-likeness (QED) is 0.536. The molecule has 1 aliphatic rings. The van der Waals surface area contributed by atoms with E-state index in [1.54, 1.807) is 0 Å². The molecule has 8 nitrogen and oxygen atoms in total. The van der Waals surface area contributed by atoms with E-state index in [9.17, 15) is 9.59 Å². The van der Waals surface area contributed by atoms with Gasteiger partial charge in [-0.15, -0.1) is 10.2 Å². The van der Waals surface area contributed by atoms with Crippen LogP contribution in [0.2, 0.25) is 0 Å². The van der Waals surface area contributed by atoms with Gasteiger partial charge in [-0.25, -0.2) is 0 Å². The monoisotopic (exact) mass is 465 g/mol. The van der Waals surface area contributed by atoms with Crippen LogP contribution in [0.3, 0.4) is 0 Å². The van der Waals surface area contributed by atoms with Crippen LogP contribution in [-0.4, -0.2) is 70.3 Å². The predicted octanol–water partition coefficient (Wildman–Crippen LogP) is 3.23. The van der Waals surface area contributed by atoms with Crippen molar-refractivity contribution >= 4 is 29.3 Å². The lowest BCUT2D eigenvalue weighted by molar-refractivity contribution is -0.130. The van der Waals surface area contributed by atoms with Crippen molar-refractivity contribution in [3.8, 4) is 11.5 Å². The number of nitrogens with zero attached hydrogens (tertiary/aromatic N) is 4. The van der Waals surface area contributed by atoms with E-state index in [0.717, 1.165) is 22.4 Å². The van der Waals surface area contributed by atoms with Gasteiger partial charge < -0.3 is 14.6 Å². The van der Waals surface area contributed by atoms with E-state index in [-0.39, 0.29) is 17.6 Å². The molecule has 9 heteroatoms. The van der Waals surface area contributed by atoms with Crippen LogP contribution >= 0.6 is 11.8 Å². The molecular weight excluding hydrogens is 438 g/mol. The average Bonchev–Trinajstić information content (AvgIpc) is 3.30. The molecule has 0 radical (unpaired) electrons. The average molecular weight is 466 g/mol. The summed E-state index contributed by atoms with van der Waals surface area (Å²) in [4.78, 5) is 29.0. The predicted molar refractivity (Wildman–Crippen MR) is 128 cm³/mol. The Balaban J connectivity index is 1.21.